The molecule has 1 aliphatic heterocycles. The summed E-state index contributed by atoms with van der Waals surface area (Å²) in [6.45, 7) is 0. The van der Waals surface area contributed by atoms with Gasteiger partial charge in [-0.3, -0.25) is 4.79 Å². The van der Waals surface area contributed by atoms with Crippen molar-refractivity contribution in [1.82, 2.24) is 5.32 Å². The van der Waals surface area contributed by atoms with Crippen LogP contribution in [-0.2, 0) is 9.53 Å². The van der Waals surface area contributed by atoms with Gasteiger partial charge in [0.2, 0.25) is 11.3 Å². The molecular weight excluding hydrogens is 212 g/mol. The second kappa shape index (κ2) is 4.04. The van der Waals surface area contributed by atoms with E-state index in [4.69, 9.17) is 4.74 Å². The lowest BCUT2D eigenvalue weighted by atomic mass is 9.91. The molecule has 5 heteroatoms. The Morgan fingerprint density at radius 2 is 2.27 bits per heavy atom. The summed E-state index contributed by atoms with van der Waals surface area (Å²) in [4.78, 5) is 16.3. The van der Waals surface area contributed by atoms with Crippen LogP contribution < -0.4 is 5.32 Å². The average Bonchev–Trinajstić information content (AvgIpc) is 2.86. The third kappa shape index (κ3) is 1.73. The van der Waals surface area contributed by atoms with E-state index in [9.17, 15) is 4.79 Å². The Kier molecular flexibility index (Phi) is 2.91. The number of carbonyl (C=O) groups is 1. The summed E-state index contributed by atoms with van der Waals surface area (Å²) in [5.41, 5.74) is -0.265. The first kappa shape index (κ1) is 10.8. The predicted molar refractivity (Wildman–Crippen MR) is 61.1 cm³/mol. The maximum atomic E-state index is 11.7. The van der Waals surface area contributed by atoms with Crippen LogP contribution in [0.1, 0.15) is 25.7 Å². The number of hydrogen-bond donors (Lipinski definition) is 1. The average molecular weight is 228 g/mol. The predicted octanol–water partition coefficient (Wildman–Crippen LogP) is 1.16. The monoisotopic (exact) mass is 228 g/mol. The van der Waals surface area contributed by atoms with Gasteiger partial charge in [-0.15, -0.1) is 0 Å². The Bertz CT molecular complexity index is 298. The first-order valence-electron chi connectivity index (χ1n) is 5.24. The lowest BCUT2D eigenvalue weighted by Gasteiger charge is -2.24. The number of nitrogens with one attached hydrogen (secondary N) is 1. The molecule has 1 atom stereocenters. The van der Waals surface area contributed by atoms with Crippen molar-refractivity contribution in [1.29, 1.82) is 0 Å². The van der Waals surface area contributed by atoms with Gasteiger partial charge in [-0.2, -0.15) is 0 Å². The summed E-state index contributed by atoms with van der Waals surface area (Å²) >= 11 is 1.47. The number of carbonyl (C=O) groups excluding carboxylic acids is 1. The highest BCUT2D eigenvalue weighted by Gasteiger charge is 2.51. The molecule has 1 aliphatic carbocycles. The van der Waals surface area contributed by atoms with Crippen molar-refractivity contribution in [2.24, 2.45) is 4.99 Å². The maximum absolute atomic E-state index is 11.7. The van der Waals surface area contributed by atoms with E-state index < -0.39 is 6.10 Å². The zero-order valence-electron chi connectivity index (χ0n) is 9.08. The molecule has 0 aromatic rings. The third-order valence-electron chi connectivity index (χ3n) is 3.15. The van der Waals surface area contributed by atoms with Crippen molar-refractivity contribution in [2.75, 3.05) is 13.3 Å². The minimum atomic E-state index is -0.410. The molecule has 0 bridgehead atoms. The van der Waals surface area contributed by atoms with Crippen LogP contribution in [-0.4, -0.2) is 36.1 Å². The Labute approximate surface area is 93.9 Å². The molecule has 1 fully saturated rings. The van der Waals surface area contributed by atoms with Crippen LogP contribution in [0, 0.1) is 0 Å². The van der Waals surface area contributed by atoms with Gasteiger partial charge in [0.25, 0.3) is 5.91 Å². The van der Waals surface area contributed by atoms with E-state index in [2.05, 4.69) is 10.3 Å². The van der Waals surface area contributed by atoms with Crippen LogP contribution in [0.5, 0.6) is 0 Å². The second-order valence-corrected chi connectivity index (χ2v) is 4.76. The molecule has 0 aromatic heterocycles. The van der Waals surface area contributed by atoms with E-state index in [1.807, 2.05) is 6.26 Å². The zero-order chi connectivity index (χ0) is 10.9. The summed E-state index contributed by atoms with van der Waals surface area (Å²) in [7, 11) is 1.64. The summed E-state index contributed by atoms with van der Waals surface area (Å²) < 4.78 is 5.60. The molecule has 2 aliphatic rings. The Balaban J connectivity index is 2.22. The first-order valence-corrected chi connectivity index (χ1v) is 6.46. The molecule has 84 valence electrons. The maximum Gasteiger partial charge on any atom is 0.263 e. The fourth-order valence-corrected chi connectivity index (χ4v) is 2.83. The molecule has 0 aromatic carbocycles. The van der Waals surface area contributed by atoms with Crippen LogP contribution in [0.3, 0.4) is 0 Å². The topological polar surface area (TPSA) is 50.7 Å². The standard InChI is InChI=1S/C10H16N2O2S/c1-11-8(13)7-10(5-3-4-6-10)12-9(14-7)15-2/h7H,3-6H2,1-2H3,(H,11,13). The zero-order valence-corrected chi connectivity index (χ0v) is 9.89. The molecule has 4 nitrogen and oxygen atoms in total. The summed E-state index contributed by atoms with van der Waals surface area (Å²) in [5.74, 6) is -0.0512. The van der Waals surface area contributed by atoms with E-state index in [-0.39, 0.29) is 11.4 Å². The summed E-state index contributed by atoms with van der Waals surface area (Å²) in [5, 5.41) is 3.31. The van der Waals surface area contributed by atoms with Crippen molar-refractivity contribution < 1.29 is 9.53 Å². The summed E-state index contributed by atoms with van der Waals surface area (Å²) in [6.07, 6.45) is 5.73. The summed E-state index contributed by atoms with van der Waals surface area (Å²) in [6, 6.07) is 0. The number of hydrogen-bond acceptors (Lipinski definition) is 4. The first-order chi connectivity index (χ1) is 7.22. The van der Waals surface area contributed by atoms with Crippen LogP contribution in [0.25, 0.3) is 0 Å². The van der Waals surface area contributed by atoms with Crippen LogP contribution in [0.15, 0.2) is 4.99 Å². The Morgan fingerprint density at radius 1 is 1.60 bits per heavy atom. The molecular formula is C10H16N2O2S. The SMILES string of the molecule is CNC(=O)C1OC(SC)=NC12CCCC2. The number of ether oxygens (including phenoxy) is 1. The highest BCUT2D eigenvalue weighted by Crippen LogP contribution is 2.42. The minimum Gasteiger partial charge on any atom is -0.457 e. The van der Waals surface area contributed by atoms with E-state index in [1.165, 1.54) is 11.8 Å². The van der Waals surface area contributed by atoms with Crippen LogP contribution in [0.4, 0.5) is 0 Å². The molecule has 1 spiro atoms. The Hall–Kier alpha value is -0.710. The van der Waals surface area contributed by atoms with Crippen molar-refractivity contribution in [2.45, 2.75) is 37.3 Å². The molecule has 0 radical (unpaired) electrons. The minimum absolute atomic E-state index is 0.0512. The van der Waals surface area contributed by atoms with Crippen molar-refractivity contribution in [3.05, 3.63) is 0 Å². The van der Waals surface area contributed by atoms with Crippen molar-refractivity contribution >= 4 is 22.9 Å². The molecule has 1 saturated carbocycles. The normalized spacial score (nSPS) is 27.6. The largest absolute Gasteiger partial charge is 0.457 e. The molecule has 1 N–H and O–H groups in total. The van der Waals surface area contributed by atoms with Gasteiger partial charge in [0, 0.05) is 7.05 Å². The van der Waals surface area contributed by atoms with Gasteiger partial charge in [-0.25, -0.2) is 4.99 Å². The highest BCUT2D eigenvalue weighted by molar-refractivity contribution is 8.12. The van der Waals surface area contributed by atoms with Gasteiger partial charge >= 0.3 is 0 Å². The number of nitrogens with zero attached hydrogens (tertiary/aromatic N) is 1. The van der Waals surface area contributed by atoms with E-state index in [0.29, 0.717) is 5.23 Å². The quantitative estimate of drug-likeness (QED) is 0.733. The number of thioether (sulfide) groups is 1. The number of aliphatic imine (C=N–C) groups is 1. The lowest BCUT2D eigenvalue weighted by Crippen LogP contribution is -2.46. The van der Waals surface area contributed by atoms with Crippen LogP contribution >= 0.6 is 11.8 Å². The molecule has 15 heavy (non-hydrogen) atoms. The molecule has 1 heterocycles. The fourth-order valence-electron chi connectivity index (χ4n) is 2.36. The van der Waals surface area contributed by atoms with Gasteiger partial charge in [-0.05, 0) is 19.1 Å². The Morgan fingerprint density at radius 3 is 2.80 bits per heavy atom. The molecule has 2 rings (SSSR count). The smallest absolute Gasteiger partial charge is 0.263 e. The van der Waals surface area contributed by atoms with Gasteiger partial charge in [-0.1, -0.05) is 24.6 Å². The molecule has 0 saturated heterocycles. The lowest BCUT2D eigenvalue weighted by molar-refractivity contribution is -0.129. The fraction of sp³-hybridized carbons (Fsp3) is 0.800. The van der Waals surface area contributed by atoms with Crippen molar-refractivity contribution in [3.63, 3.8) is 0 Å². The van der Waals surface area contributed by atoms with Crippen LogP contribution in [0.2, 0.25) is 0 Å². The van der Waals surface area contributed by atoms with E-state index in [1.54, 1.807) is 7.05 Å². The van der Waals surface area contributed by atoms with Gasteiger partial charge in [0.05, 0.1) is 0 Å². The molecule has 1 amide bonds. The number of likely N-dealkylation sites (N-methyl/N-ethyl adjacent to an activating group) is 1. The second-order valence-electron chi connectivity index (χ2n) is 4.00. The third-order valence-corrected chi connectivity index (χ3v) is 3.69. The van der Waals surface area contributed by atoms with Crippen molar-refractivity contribution in [3.8, 4) is 0 Å². The number of amides is 1. The van der Waals surface area contributed by atoms with Gasteiger partial charge in [0.1, 0.15) is 5.54 Å². The molecule has 1 unspecified atom stereocenters. The van der Waals surface area contributed by atoms with E-state index in [0.717, 1.165) is 25.7 Å². The number of rotatable bonds is 1. The highest BCUT2D eigenvalue weighted by atomic mass is 32.2. The van der Waals surface area contributed by atoms with Gasteiger partial charge in [0.15, 0.2) is 0 Å². The van der Waals surface area contributed by atoms with E-state index >= 15 is 0 Å². The van der Waals surface area contributed by atoms with Gasteiger partial charge < -0.3 is 10.1 Å².